The number of rotatable bonds is 15. The van der Waals surface area contributed by atoms with Crippen LogP contribution in [0.5, 0.6) is 0 Å². The summed E-state index contributed by atoms with van der Waals surface area (Å²) in [6.45, 7) is 2.66. The fraction of sp³-hybridized carbons (Fsp3) is 0.417. The Kier molecular flexibility index (Phi) is 10.6. The molecule has 2 aromatic carbocycles. The van der Waals surface area contributed by atoms with Gasteiger partial charge in [0, 0.05) is 0 Å². The summed E-state index contributed by atoms with van der Waals surface area (Å²) in [4.78, 5) is 29.5. The number of hydrogen-bond donors (Lipinski definition) is 1. The molecule has 0 saturated carbocycles. The van der Waals surface area contributed by atoms with Crippen LogP contribution >= 0.6 is 0 Å². The van der Waals surface area contributed by atoms with E-state index in [-0.39, 0.29) is 13.2 Å². The molecule has 0 aromatic heterocycles. The van der Waals surface area contributed by atoms with E-state index in [1.54, 1.807) is 0 Å². The predicted molar refractivity (Wildman–Crippen MR) is 114 cm³/mol. The standard InChI is InChI=1S/C24H31NO5/c1-2-3-6-15-22(24(27)28)23(18-29-16-20-11-7-4-8-12-20)25(19-26)30-17-21-13-9-5-10-14-21/h4-5,7-14,19,22-23H,2-3,6,15-18H2,1H3,(H,27,28). The highest BCUT2D eigenvalue weighted by Gasteiger charge is 2.33. The van der Waals surface area contributed by atoms with Gasteiger partial charge in [0.25, 0.3) is 0 Å². The maximum Gasteiger partial charge on any atom is 0.308 e. The van der Waals surface area contributed by atoms with E-state index in [1.807, 2.05) is 60.7 Å². The van der Waals surface area contributed by atoms with Gasteiger partial charge in [0.05, 0.1) is 25.2 Å². The number of aliphatic carboxylic acids is 1. The summed E-state index contributed by atoms with van der Waals surface area (Å²) in [7, 11) is 0. The highest BCUT2D eigenvalue weighted by Crippen LogP contribution is 2.21. The zero-order valence-electron chi connectivity index (χ0n) is 17.5. The molecule has 6 nitrogen and oxygen atoms in total. The van der Waals surface area contributed by atoms with Crippen molar-refractivity contribution >= 4 is 12.4 Å². The summed E-state index contributed by atoms with van der Waals surface area (Å²) in [6, 6.07) is 18.4. The lowest BCUT2D eigenvalue weighted by Crippen LogP contribution is -2.46. The first-order valence-corrected chi connectivity index (χ1v) is 10.4. The average molecular weight is 414 g/mol. The van der Waals surface area contributed by atoms with Crippen molar-refractivity contribution in [3.05, 3.63) is 71.8 Å². The van der Waals surface area contributed by atoms with Crippen molar-refractivity contribution in [1.82, 2.24) is 5.06 Å². The fourth-order valence-electron chi connectivity index (χ4n) is 3.26. The van der Waals surface area contributed by atoms with Crippen LogP contribution in [0, 0.1) is 5.92 Å². The third-order valence-electron chi connectivity index (χ3n) is 4.95. The molecule has 0 bridgehead atoms. The number of amides is 1. The summed E-state index contributed by atoms with van der Waals surface area (Å²) in [5, 5.41) is 10.9. The number of carboxylic acids is 1. The van der Waals surface area contributed by atoms with E-state index in [4.69, 9.17) is 9.57 Å². The molecule has 2 rings (SSSR count). The summed E-state index contributed by atoms with van der Waals surface area (Å²) in [6.07, 6.45) is 3.71. The molecular weight excluding hydrogens is 382 g/mol. The minimum Gasteiger partial charge on any atom is -0.481 e. The van der Waals surface area contributed by atoms with Gasteiger partial charge in [-0.05, 0) is 17.5 Å². The fourth-order valence-corrected chi connectivity index (χ4v) is 3.26. The third-order valence-corrected chi connectivity index (χ3v) is 4.95. The molecule has 1 amide bonds. The van der Waals surface area contributed by atoms with Crippen LogP contribution in [0.4, 0.5) is 0 Å². The van der Waals surface area contributed by atoms with Crippen LogP contribution in [0.1, 0.15) is 43.7 Å². The van der Waals surface area contributed by atoms with Crippen molar-refractivity contribution in [2.45, 2.75) is 51.9 Å². The highest BCUT2D eigenvalue weighted by atomic mass is 16.7. The number of nitrogens with zero attached hydrogens (tertiary/aromatic N) is 1. The van der Waals surface area contributed by atoms with Crippen LogP contribution in [-0.4, -0.2) is 35.2 Å². The van der Waals surface area contributed by atoms with Gasteiger partial charge in [0.15, 0.2) is 0 Å². The summed E-state index contributed by atoms with van der Waals surface area (Å²) in [5.74, 6) is -1.72. The lowest BCUT2D eigenvalue weighted by molar-refractivity contribution is -0.209. The van der Waals surface area contributed by atoms with Gasteiger partial charge in [-0.25, -0.2) is 5.06 Å². The second-order valence-electron chi connectivity index (χ2n) is 7.23. The van der Waals surface area contributed by atoms with Gasteiger partial charge in [-0.15, -0.1) is 0 Å². The first kappa shape index (κ1) is 23.6. The first-order valence-electron chi connectivity index (χ1n) is 10.4. The molecule has 0 aliphatic carbocycles. The first-order chi connectivity index (χ1) is 14.7. The van der Waals surface area contributed by atoms with E-state index < -0.39 is 17.9 Å². The Morgan fingerprint density at radius 2 is 1.60 bits per heavy atom. The Morgan fingerprint density at radius 3 is 2.13 bits per heavy atom. The quantitative estimate of drug-likeness (QED) is 0.265. The maximum atomic E-state index is 12.0. The molecule has 0 aliphatic rings. The summed E-state index contributed by atoms with van der Waals surface area (Å²) in [5.41, 5.74) is 1.88. The highest BCUT2D eigenvalue weighted by molar-refractivity contribution is 5.71. The van der Waals surface area contributed by atoms with Crippen LogP contribution in [0.2, 0.25) is 0 Å². The molecule has 162 valence electrons. The molecule has 2 aromatic rings. The van der Waals surface area contributed by atoms with Crippen molar-refractivity contribution in [3.63, 3.8) is 0 Å². The van der Waals surface area contributed by atoms with Crippen LogP contribution in [0.15, 0.2) is 60.7 Å². The number of carboxylic acid groups (broad SMARTS) is 1. The molecule has 2 atom stereocenters. The number of unbranched alkanes of at least 4 members (excludes halogenated alkanes) is 2. The molecule has 0 heterocycles. The summed E-state index contributed by atoms with van der Waals surface area (Å²) < 4.78 is 5.81. The zero-order valence-corrected chi connectivity index (χ0v) is 17.5. The number of ether oxygens (including phenoxy) is 1. The van der Waals surface area contributed by atoms with E-state index in [2.05, 4.69) is 6.92 Å². The largest absolute Gasteiger partial charge is 0.481 e. The van der Waals surface area contributed by atoms with E-state index in [1.165, 1.54) is 0 Å². The topological polar surface area (TPSA) is 76.1 Å². The van der Waals surface area contributed by atoms with Crippen LogP contribution in [-0.2, 0) is 32.4 Å². The zero-order chi connectivity index (χ0) is 21.6. The number of carbonyl (C=O) groups is 2. The van der Waals surface area contributed by atoms with Crippen molar-refractivity contribution in [2.24, 2.45) is 5.92 Å². The minimum atomic E-state index is -0.949. The lowest BCUT2D eigenvalue weighted by Gasteiger charge is -2.31. The SMILES string of the molecule is CCCCCC(C(=O)O)C(COCc1ccccc1)N(C=O)OCc1ccccc1. The molecular formula is C24H31NO5. The van der Waals surface area contributed by atoms with Gasteiger partial charge >= 0.3 is 5.97 Å². The van der Waals surface area contributed by atoms with Gasteiger partial charge in [-0.3, -0.25) is 14.4 Å². The van der Waals surface area contributed by atoms with Crippen LogP contribution < -0.4 is 0 Å². The molecule has 30 heavy (non-hydrogen) atoms. The Morgan fingerprint density at radius 1 is 1.00 bits per heavy atom. The predicted octanol–water partition coefficient (Wildman–Crippen LogP) is 4.44. The smallest absolute Gasteiger partial charge is 0.308 e. The average Bonchev–Trinajstić information content (AvgIpc) is 2.77. The van der Waals surface area contributed by atoms with Gasteiger partial charge < -0.3 is 9.84 Å². The Bertz CT molecular complexity index is 738. The molecule has 2 unspecified atom stereocenters. The van der Waals surface area contributed by atoms with Crippen LogP contribution in [0.25, 0.3) is 0 Å². The number of carbonyl (C=O) groups excluding carboxylic acids is 1. The van der Waals surface area contributed by atoms with Crippen molar-refractivity contribution in [3.8, 4) is 0 Å². The molecule has 6 heteroatoms. The van der Waals surface area contributed by atoms with Crippen molar-refractivity contribution < 1.29 is 24.3 Å². The maximum absolute atomic E-state index is 12.0. The Hall–Kier alpha value is -2.70. The van der Waals surface area contributed by atoms with Crippen molar-refractivity contribution in [2.75, 3.05) is 6.61 Å². The normalized spacial score (nSPS) is 12.8. The Labute approximate surface area is 178 Å². The molecule has 0 radical (unpaired) electrons. The van der Waals surface area contributed by atoms with E-state index in [9.17, 15) is 14.7 Å². The monoisotopic (exact) mass is 413 g/mol. The number of benzene rings is 2. The van der Waals surface area contributed by atoms with E-state index in [0.717, 1.165) is 35.5 Å². The molecule has 1 N–H and O–H groups in total. The van der Waals surface area contributed by atoms with Gasteiger partial charge in [0.1, 0.15) is 6.61 Å². The second-order valence-corrected chi connectivity index (χ2v) is 7.23. The Balaban J connectivity index is 2.09. The molecule has 0 fully saturated rings. The third kappa shape index (κ3) is 7.97. The van der Waals surface area contributed by atoms with E-state index >= 15 is 0 Å². The molecule has 0 saturated heterocycles. The molecule has 0 spiro atoms. The van der Waals surface area contributed by atoms with E-state index in [0.29, 0.717) is 19.4 Å². The molecule has 0 aliphatic heterocycles. The van der Waals surface area contributed by atoms with Gasteiger partial charge in [-0.1, -0.05) is 86.8 Å². The van der Waals surface area contributed by atoms with Crippen molar-refractivity contribution in [1.29, 1.82) is 0 Å². The van der Waals surface area contributed by atoms with Gasteiger partial charge in [0.2, 0.25) is 6.41 Å². The number of hydrogen-bond acceptors (Lipinski definition) is 4. The minimum absolute atomic E-state index is 0.0749. The number of hydroxylamine groups is 2. The van der Waals surface area contributed by atoms with Crippen LogP contribution in [0.3, 0.4) is 0 Å². The summed E-state index contributed by atoms with van der Waals surface area (Å²) >= 11 is 0. The second kappa shape index (κ2) is 13.5. The van der Waals surface area contributed by atoms with Gasteiger partial charge in [-0.2, -0.15) is 0 Å². The lowest BCUT2D eigenvalue weighted by atomic mass is 9.93.